The van der Waals surface area contributed by atoms with Crippen molar-refractivity contribution in [3.63, 3.8) is 0 Å². The molecule has 1 aliphatic rings. The molecular formula is C15H21BrN2O2. The summed E-state index contributed by atoms with van der Waals surface area (Å²) in [6.45, 7) is 1.78. The predicted molar refractivity (Wildman–Crippen MR) is 83.5 cm³/mol. The Hall–Kier alpha value is -0.910. The van der Waals surface area contributed by atoms with Gasteiger partial charge in [-0.3, -0.25) is 4.79 Å². The Morgan fingerprint density at radius 1 is 1.20 bits per heavy atom. The highest BCUT2D eigenvalue weighted by Gasteiger charge is 2.44. The van der Waals surface area contributed by atoms with Crippen molar-refractivity contribution in [3.8, 4) is 5.75 Å². The van der Waals surface area contributed by atoms with Gasteiger partial charge in [0, 0.05) is 17.6 Å². The fourth-order valence-corrected chi connectivity index (χ4v) is 3.23. The molecule has 20 heavy (non-hydrogen) atoms. The number of ether oxygens (including phenoxy) is 1. The molecular weight excluding hydrogens is 320 g/mol. The van der Waals surface area contributed by atoms with E-state index in [1.807, 2.05) is 56.2 Å². The lowest BCUT2D eigenvalue weighted by atomic mass is 9.78. The molecule has 0 unspecified atom stereocenters. The second-order valence-electron chi connectivity index (χ2n) is 6.01. The van der Waals surface area contributed by atoms with Crippen molar-refractivity contribution in [1.82, 2.24) is 9.80 Å². The molecule has 0 saturated carbocycles. The summed E-state index contributed by atoms with van der Waals surface area (Å²) < 4.78 is 6.77. The molecule has 4 nitrogen and oxygen atoms in total. The number of fused-ring (bicyclic) bond motifs is 1. The maximum absolute atomic E-state index is 13.0. The zero-order valence-electron chi connectivity index (χ0n) is 12.4. The molecule has 0 spiro atoms. The first-order chi connectivity index (χ1) is 9.34. The Balaban J connectivity index is 2.42. The average molecular weight is 341 g/mol. The summed E-state index contributed by atoms with van der Waals surface area (Å²) in [4.78, 5) is 17.1. The van der Waals surface area contributed by atoms with Crippen LogP contribution in [0.15, 0.2) is 22.7 Å². The van der Waals surface area contributed by atoms with Gasteiger partial charge in [-0.05, 0) is 46.4 Å². The van der Waals surface area contributed by atoms with Gasteiger partial charge in [-0.25, -0.2) is 0 Å². The summed E-state index contributed by atoms with van der Waals surface area (Å²) in [6.07, 6.45) is 0. The van der Waals surface area contributed by atoms with Gasteiger partial charge in [0.15, 0.2) is 5.78 Å². The molecule has 0 amide bonds. The van der Waals surface area contributed by atoms with Crippen LogP contribution in [0.4, 0.5) is 0 Å². The van der Waals surface area contributed by atoms with Crippen LogP contribution in [0, 0.1) is 5.41 Å². The lowest BCUT2D eigenvalue weighted by molar-refractivity contribution is 0.0423. The minimum absolute atomic E-state index is 0.169. The first-order valence-electron chi connectivity index (χ1n) is 6.61. The summed E-state index contributed by atoms with van der Waals surface area (Å²) in [7, 11) is 7.95. The molecule has 0 radical (unpaired) electrons. The van der Waals surface area contributed by atoms with E-state index in [1.54, 1.807) is 0 Å². The van der Waals surface area contributed by atoms with E-state index in [2.05, 4.69) is 15.9 Å². The van der Waals surface area contributed by atoms with Gasteiger partial charge < -0.3 is 14.5 Å². The maximum atomic E-state index is 13.0. The number of benzene rings is 1. The summed E-state index contributed by atoms with van der Waals surface area (Å²) >= 11 is 3.43. The van der Waals surface area contributed by atoms with E-state index in [-0.39, 0.29) is 5.78 Å². The van der Waals surface area contributed by atoms with E-state index in [9.17, 15) is 4.79 Å². The molecule has 1 aromatic rings. The quantitative estimate of drug-likeness (QED) is 0.840. The summed E-state index contributed by atoms with van der Waals surface area (Å²) in [6, 6.07) is 5.61. The van der Waals surface area contributed by atoms with Crippen molar-refractivity contribution in [2.75, 3.05) is 47.9 Å². The molecule has 0 aliphatic carbocycles. The zero-order chi connectivity index (χ0) is 14.9. The molecule has 110 valence electrons. The molecule has 0 bridgehead atoms. The molecule has 1 heterocycles. The zero-order valence-corrected chi connectivity index (χ0v) is 14.0. The van der Waals surface area contributed by atoms with E-state index in [0.717, 1.165) is 4.47 Å². The summed E-state index contributed by atoms with van der Waals surface area (Å²) in [5.74, 6) is 0.855. The first-order valence-corrected chi connectivity index (χ1v) is 7.40. The van der Waals surface area contributed by atoms with Gasteiger partial charge in [-0.1, -0.05) is 15.9 Å². The van der Waals surface area contributed by atoms with Crippen LogP contribution < -0.4 is 4.74 Å². The minimum atomic E-state index is -0.513. The lowest BCUT2D eigenvalue weighted by Gasteiger charge is -2.39. The third-order valence-electron chi connectivity index (χ3n) is 3.41. The fraction of sp³-hybridized carbons (Fsp3) is 0.533. The van der Waals surface area contributed by atoms with Crippen molar-refractivity contribution >= 4 is 21.7 Å². The van der Waals surface area contributed by atoms with Gasteiger partial charge >= 0.3 is 0 Å². The van der Waals surface area contributed by atoms with Crippen LogP contribution in [0.25, 0.3) is 0 Å². The second-order valence-corrected chi connectivity index (χ2v) is 6.93. The van der Waals surface area contributed by atoms with Gasteiger partial charge in [0.2, 0.25) is 0 Å². The van der Waals surface area contributed by atoms with Crippen LogP contribution in [-0.4, -0.2) is 63.5 Å². The largest absolute Gasteiger partial charge is 0.492 e. The Morgan fingerprint density at radius 3 is 2.35 bits per heavy atom. The van der Waals surface area contributed by atoms with Crippen LogP contribution in [0.5, 0.6) is 5.75 Å². The van der Waals surface area contributed by atoms with Gasteiger partial charge in [-0.15, -0.1) is 0 Å². The number of hydrogen-bond donors (Lipinski definition) is 0. The molecule has 2 rings (SSSR count). The van der Waals surface area contributed by atoms with Gasteiger partial charge in [0.1, 0.15) is 12.4 Å². The van der Waals surface area contributed by atoms with E-state index in [1.165, 1.54) is 0 Å². The highest BCUT2D eigenvalue weighted by Crippen LogP contribution is 2.36. The van der Waals surface area contributed by atoms with E-state index < -0.39 is 5.41 Å². The lowest BCUT2D eigenvalue weighted by Crippen LogP contribution is -2.53. The molecule has 0 aromatic heterocycles. The fourth-order valence-electron chi connectivity index (χ4n) is 2.87. The summed E-state index contributed by atoms with van der Waals surface area (Å²) in [5, 5.41) is 0. The Morgan fingerprint density at radius 2 is 1.80 bits per heavy atom. The van der Waals surface area contributed by atoms with Crippen molar-refractivity contribution in [2.45, 2.75) is 0 Å². The minimum Gasteiger partial charge on any atom is -0.492 e. The van der Waals surface area contributed by atoms with Crippen LogP contribution in [0.1, 0.15) is 10.4 Å². The summed E-state index contributed by atoms with van der Waals surface area (Å²) in [5.41, 5.74) is 0.162. The number of carbonyl (C=O) groups excluding carboxylic acids is 1. The molecule has 1 aromatic carbocycles. The van der Waals surface area contributed by atoms with Crippen LogP contribution in [0.2, 0.25) is 0 Å². The second kappa shape index (κ2) is 5.84. The first kappa shape index (κ1) is 15.5. The maximum Gasteiger partial charge on any atom is 0.178 e. The predicted octanol–water partition coefficient (Wildman–Crippen LogP) is 2.13. The smallest absolute Gasteiger partial charge is 0.178 e. The van der Waals surface area contributed by atoms with Crippen molar-refractivity contribution in [2.24, 2.45) is 5.41 Å². The molecule has 5 heteroatoms. The van der Waals surface area contributed by atoms with Crippen molar-refractivity contribution in [3.05, 3.63) is 28.2 Å². The SMILES string of the molecule is CN(C)CC1(CN(C)C)COc2ccc(Br)cc2C1=O. The van der Waals surface area contributed by atoms with Crippen LogP contribution >= 0.6 is 15.9 Å². The van der Waals surface area contributed by atoms with Crippen LogP contribution in [0.3, 0.4) is 0 Å². The Labute approximate surface area is 128 Å². The standard InChI is InChI=1S/C15H21BrN2O2/c1-17(2)8-15(9-18(3)4)10-20-13-6-5-11(16)7-12(13)14(15)19/h5-7H,8-10H2,1-4H3. The number of carbonyl (C=O) groups is 1. The van der Waals surface area contributed by atoms with Gasteiger partial charge in [0.05, 0.1) is 11.0 Å². The normalized spacial score (nSPS) is 17.2. The third kappa shape index (κ3) is 3.05. The number of rotatable bonds is 4. The molecule has 0 saturated heterocycles. The third-order valence-corrected chi connectivity index (χ3v) is 3.90. The van der Waals surface area contributed by atoms with Crippen LogP contribution in [-0.2, 0) is 0 Å². The van der Waals surface area contributed by atoms with Crippen molar-refractivity contribution < 1.29 is 9.53 Å². The van der Waals surface area contributed by atoms with Gasteiger partial charge in [0.25, 0.3) is 0 Å². The molecule has 0 atom stereocenters. The van der Waals surface area contributed by atoms with Crippen molar-refractivity contribution in [1.29, 1.82) is 0 Å². The number of halogens is 1. The molecule has 0 fully saturated rings. The average Bonchev–Trinajstić information content (AvgIpc) is 2.33. The number of nitrogens with zero attached hydrogens (tertiary/aromatic N) is 2. The molecule has 0 N–H and O–H groups in total. The Bertz CT molecular complexity index is 505. The number of Topliss-reactive ketones (excluding diaryl/α,β-unsaturated/α-hetero) is 1. The van der Waals surface area contributed by atoms with Gasteiger partial charge in [-0.2, -0.15) is 0 Å². The molecule has 1 aliphatic heterocycles. The van der Waals surface area contributed by atoms with E-state index >= 15 is 0 Å². The monoisotopic (exact) mass is 340 g/mol. The topological polar surface area (TPSA) is 32.8 Å². The highest BCUT2D eigenvalue weighted by molar-refractivity contribution is 9.10. The highest BCUT2D eigenvalue weighted by atomic mass is 79.9. The number of hydrogen-bond acceptors (Lipinski definition) is 4. The van der Waals surface area contributed by atoms with E-state index in [0.29, 0.717) is 31.0 Å². The number of ketones is 1. The van der Waals surface area contributed by atoms with E-state index in [4.69, 9.17) is 4.74 Å². The Kier molecular flexibility index (Phi) is 4.52.